The van der Waals surface area contributed by atoms with Crippen molar-refractivity contribution in [2.24, 2.45) is 17.8 Å². The molecular formula is C29H30N2O5S. The number of carbonyl (C=O) groups is 2. The van der Waals surface area contributed by atoms with E-state index < -0.39 is 4.92 Å². The molecule has 0 spiro atoms. The summed E-state index contributed by atoms with van der Waals surface area (Å²) >= 11 is 0.931. The molecule has 5 aliphatic rings. The maximum absolute atomic E-state index is 13.2. The molecule has 2 aromatic carbocycles. The molecular weight excluding hydrogens is 488 g/mol. The van der Waals surface area contributed by atoms with Crippen molar-refractivity contribution < 1.29 is 19.2 Å². The normalized spacial score (nSPS) is 29.4. The van der Waals surface area contributed by atoms with E-state index in [1.165, 1.54) is 61.1 Å². The van der Waals surface area contributed by atoms with Crippen LogP contribution in [0.2, 0.25) is 0 Å². The summed E-state index contributed by atoms with van der Waals surface area (Å²) in [5.74, 6) is 2.86. The second-order valence-electron chi connectivity index (χ2n) is 11.1. The van der Waals surface area contributed by atoms with Gasteiger partial charge in [0.05, 0.1) is 23.0 Å². The highest BCUT2D eigenvalue weighted by Gasteiger charge is 2.51. The van der Waals surface area contributed by atoms with E-state index in [2.05, 4.69) is 12.1 Å². The third kappa shape index (κ3) is 4.45. The molecule has 7 nitrogen and oxygen atoms in total. The highest BCUT2D eigenvalue weighted by Crippen LogP contribution is 2.61. The maximum atomic E-state index is 13.2. The number of hydrogen-bond donors (Lipinski definition) is 0. The second kappa shape index (κ2) is 9.31. The van der Waals surface area contributed by atoms with Gasteiger partial charge < -0.3 is 4.74 Å². The van der Waals surface area contributed by atoms with Gasteiger partial charge >= 0.3 is 0 Å². The van der Waals surface area contributed by atoms with Crippen LogP contribution in [-0.4, -0.2) is 27.6 Å². The lowest BCUT2D eigenvalue weighted by Crippen LogP contribution is -2.48. The van der Waals surface area contributed by atoms with Crippen LogP contribution >= 0.6 is 11.8 Å². The zero-order chi connectivity index (χ0) is 25.7. The maximum Gasteiger partial charge on any atom is 0.293 e. The van der Waals surface area contributed by atoms with Crippen LogP contribution in [0.15, 0.2) is 47.4 Å². The van der Waals surface area contributed by atoms with E-state index in [0.29, 0.717) is 17.1 Å². The first-order valence-electron chi connectivity index (χ1n) is 13.1. The van der Waals surface area contributed by atoms with Gasteiger partial charge in [0, 0.05) is 17.7 Å². The number of nitro benzene ring substituents is 1. The van der Waals surface area contributed by atoms with Crippen molar-refractivity contribution >= 4 is 34.7 Å². The molecule has 7 rings (SSSR count). The van der Waals surface area contributed by atoms with E-state index in [-0.39, 0.29) is 28.8 Å². The van der Waals surface area contributed by atoms with Gasteiger partial charge in [0.1, 0.15) is 5.75 Å². The molecule has 2 aromatic rings. The molecule has 0 radical (unpaired) electrons. The minimum atomic E-state index is -0.472. The van der Waals surface area contributed by atoms with Crippen LogP contribution in [-0.2, 0) is 16.8 Å². The summed E-state index contributed by atoms with van der Waals surface area (Å²) in [6.07, 6.45) is 9.69. The lowest BCUT2D eigenvalue weighted by molar-refractivity contribution is -0.384. The third-order valence-corrected chi connectivity index (χ3v) is 9.52. The van der Waals surface area contributed by atoms with Crippen LogP contribution in [0.5, 0.6) is 5.75 Å². The Balaban J connectivity index is 1.28. The second-order valence-corrected chi connectivity index (χ2v) is 12.1. The highest BCUT2D eigenvalue weighted by molar-refractivity contribution is 8.18. The van der Waals surface area contributed by atoms with Crippen molar-refractivity contribution in [1.29, 1.82) is 0 Å². The molecule has 0 atom stereocenters. The number of imide groups is 1. The van der Waals surface area contributed by atoms with E-state index in [4.69, 9.17) is 4.74 Å². The number of thioether (sulfide) groups is 1. The summed E-state index contributed by atoms with van der Waals surface area (Å²) in [7, 11) is 0. The van der Waals surface area contributed by atoms with E-state index in [1.54, 1.807) is 18.2 Å². The number of nitrogens with zero attached hydrogens (tertiary/aromatic N) is 2. The molecule has 0 aromatic heterocycles. The molecule has 1 heterocycles. The minimum Gasteiger partial charge on any atom is -0.493 e. The fourth-order valence-electron chi connectivity index (χ4n) is 7.43. The van der Waals surface area contributed by atoms with Crippen LogP contribution in [0.4, 0.5) is 10.5 Å². The van der Waals surface area contributed by atoms with Gasteiger partial charge in [-0.25, -0.2) is 0 Å². The molecule has 1 aliphatic heterocycles. The Hall–Kier alpha value is -3.13. The Morgan fingerprint density at radius 3 is 2.30 bits per heavy atom. The van der Waals surface area contributed by atoms with Crippen molar-refractivity contribution in [3.05, 3.63) is 74.2 Å². The standard InChI is InChI=1S/C29H30N2O5S/c1-2-36-25-8-5-23(29-14-19-9-20(15-29)11-21(10-19)16-29)12-22(25)13-26-27(32)30(28(33)37-26)17-18-3-6-24(7-4-18)31(34)35/h3-8,12-13,19-21H,2,9-11,14-17H2,1H3/b26-13+. The zero-order valence-electron chi connectivity index (χ0n) is 20.9. The van der Waals surface area contributed by atoms with Crippen molar-refractivity contribution in [3.63, 3.8) is 0 Å². The SMILES string of the molecule is CCOc1ccc(C23CC4CC(CC(C4)C2)C3)cc1/C=C1/SC(=O)N(Cc2ccc([N+](=O)[O-])cc2)C1=O. The number of nitro groups is 1. The molecule has 4 saturated carbocycles. The predicted molar refractivity (Wildman–Crippen MR) is 142 cm³/mol. The van der Waals surface area contributed by atoms with Gasteiger partial charge in [0.25, 0.3) is 16.8 Å². The van der Waals surface area contributed by atoms with Crippen molar-refractivity contribution in [2.45, 2.75) is 57.4 Å². The molecule has 0 unspecified atom stereocenters. The van der Waals surface area contributed by atoms with Crippen LogP contribution < -0.4 is 4.74 Å². The Labute approximate surface area is 220 Å². The summed E-state index contributed by atoms with van der Waals surface area (Å²) in [6, 6.07) is 12.4. The van der Waals surface area contributed by atoms with Gasteiger partial charge in [-0.05, 0) is 110 Å². The number of carbonyl (C=O) groups excluding carboxylic acids is 2. The highest BCUT2D eigenvalue weighted by atomic mass is 32.2. The number of hydrogen-bond acceptors (Lipinski definition) is 6. The monoisotopic (exact) mass is 518 g/mol. The summed E-state index contributed by atoms with van der Waals surface area (Å²) in [6.45, 7) is 2.53. The number of non-ortho nitro benzene ring substituents is 1. The molecule has 192 valence electrons. The Morgan fingerprint density at radius 1 is 1.05 bits per heavy atom. The van der Waals surface area contributed by atoms with Gasteiger partial charge in [0.15, 0.2) is 0 Å². The van der Waals surface area contributed by atoms with Gasteiger partial charge in [-0.1, -0.05) is 18.2 Å². The van der Waals surface area contributed by atoms with E-state index in [1.807, 2.05) is 13.0 Å². The van der Waals surface area contributed by atoms with Gasteiger partial charge in [-0.3, -0.25) is 24.6 Å². The van der Waals surface area contributed by atoms with Crippen LogP contribution in [0.3, 0.4) is 0 Å². The fraction of sp³-hybridized carbons (Fsp3) is 0.448. The van der Waals surface area contributed by atoms with E-state index >= 15 is 0 Å². The lowest BCUT2D eigenvalue weighted by Gasteiger charge is -2.57. The predicted octanol–water partition coefficient (Wildman–Crippen LogP) is 6.70. The Kier molecular flexibility index (Phi) is 6.10. The molecule has 8 heteroatoms. The topological polar surface area (TPSA) is 89.8 Å². The Morgan fingerprint density at radius 2 is 1.70 bits per heavy atom. The quantitative estimate of drug-likeness (QED) is 0.230. The number of ether oxygens (including phenoxy) is 1. The van der Waals surface area contributed by atoms with Crippen LogP contribution in [0, 0.1) is 27.9 Å². The van der Waals surface area contributed by atoms with E-state index in [0.717, 1.165) is 40.8 Å². The smallest absolute Gasteiger partial charge is 0.293 e. The molecule has 4 bridgehead atoms. The first-order valence-corrected chi connectivity index (χ1v) is 13.9. The van der Waals surface area contributed by atoms with Crippen LogP contribution in [0.1, 0.15) is 62.1 Å². The first kappa shape index (κ1) is 24.2. The molecule has 4 aliphatic carbocycles. The molecule has 0 N–H and O–H groups in total. The summed E-state index contributed by atoms with van der Waals surface area (Å²) < 4.78 is 5.92. The number of rotatable bonds is 7. The Bertz CT molecular complexity index is 1270. The largest absolute Gasteiger partial charge is 0.493 e. The minimum absolute atomic E-state index is 0.0276. The molecule has 1 saturated heterocycles. The van der Waals surface area contributed by atoms with Gasteiger partial charge in [-0.2, -0.15) is 0 Å². The first-order chi connectivity index (χ1) is 17.8. The van der Waals surface area contributed by atoms with Gasteiger partial charge in [-0.15, -0.1) is 0 Å². The average Bonchev–Trinajstić information content (AvgIpc) is 3.12. The summed E-state index contributed by atoms with van der Waals surface area (Å²) in [4.78, 5) is 38.0. The summed E-state index contributed by atoms with van der Waals surface area (Å²) in [5.41, 5.74) is 3.03. The van der Waals surface area contributed by atoms with Crippen molar-refractivity contribution in [2.75, 3.05) is 6.61 Å². The molecule has 37 heavy (non-hydrogen) atoms. The average molecular weight is 519 g/mol. The van der Waals surface area contributed by atoms with Crippen molar-refractivity contribution in [1.82, 2.24) is 4.90 Å². The summed E-state index contributed by atoms with van der Waals surface area (Å²) in [5, 5.41) is 10.6. The third-order valence-electron chi connectivity index (χ3n) is 8.61. The fourth-order valence-corrected chi connectivity index (χ4v) is 8.25. The number of amides is 2. The lowest BCUT2D eigenvalue weighted by atomic mass is 9.48. The number of benzene rings is 2. The zero-order valence-corrected chi connectivity index (χ0v) is 21.7. The molecule has 5 fully saturated rings. The van der Waals surface area contributed by atoms with Crippen LogP contribution in [0.25, 0.3) is 6.08 Å². The molecule has 2 amide bonds. The van der Waals surface area contributed by atoms with Crippen molar-refractivity contribution in [3.8, 4) is 5.75 Å². The van der Waals surface area contributed by atoms with Gasteiger partial charge in [0.2, 0.25) is 0 Å². The van der Waals surface area contributed by atoms with E-state index in [9.17, 15) is 19.7 Å².